The third-order valence-electron chi connectivity index (χ3n) is 2.30. The van der Waals surface area contributed by atoms with Crippen LogP contribution in [0.25, 0.3) is 0 Å². The molecule has 1 fully saturated rings. The minimum Gasteiger partial charge on any atom is -0.495 e. The van der Waals surface area contributed by atoms with E-state index in [2.05, 4.69) is 0 Å². The smallest absolute Gasteiger partial charge is 0.137 e. The molecule has 0 amide bonds. The Morgan fingerprint density at radius 1 is 1.46 bits per heavy atom. The van der Waals surface area contributed by atoms with Crippen LogP contribution in [0.2, 0.25) is 5.02 Å². The molecule has 1 aromatic carbocycles. The monoisotopic (exact) mass is 200 g/mol. The maximum absolute atomic E-state index is 13.3. The normalized spacial score (nSPS) is 15.9. The van der Waals surface area contributed by atoms with Gasteiger partial charge in [-0.3, -0.25) is 0 Å². The van der Waals surface area contributed by atoms with Crippen molar-refractivity contribution in [2.24, 2.45) is 0 Å². The first-order valence-corrected chi connectivity index (χ1v) is 4.63. The van der Waals surface area contributed by atoms with Crippen molar-refractivity contribution in [2.45, 2.75) is 18.8 Å². The Morgan fingerprint density at radius 3 is 2.69 bits per heavy atom. The molecule has 1 aliphatic rings. The number of rotatable bonds is 2. The van der Waals surface area contributed by atoms with Gasteiger partial charge in [-0.2, -0.15) is 0 Å². The summed E-state index contributed by atoms with van der Waals surface area (Å²) in [5.41, 5.74) is 0.626. The lowest BCUT2D eigenvalue weighted by atomic mass is 10.1. The molecular weight excluding hydrogens is 191 g/mol. The molecule has 2 rings (SSSR count). The van der Waals surface area contributed by atoms with Crippen LogP contribution in [0.3, 0.4) is 0 Å². The van der Waals surface area contributed by atoms with Gasteiger partial charge in [-0.15, -0.1) is 0 Å². The van der Waals surface area contributed by atoms with E-state index in [4.69, 9.17) is 16.3 Å². The number of hydrogen-bond acceptors (Lipinski definition) is 1. The van der Waals surface area contributed by atoms with Crippen molar-refractivity contribution in [1.29, 1.82) is 0 Å². The molecule has 0 atom stereocenters. The molecule has 1 aromatic rings. The van der Waals surface area contributed by atoms with Crippen molar-refractivity contribution in [3.8, 4) is 5.75 Å². The second-order valence-corrected chi connectivity index (χ2v) is 3.63. The molecular formula is C10H10ClFO. The van der Waals surface area contributed by atoms with E-state index in [1.165, 1.54) is 13.2 Å². The van der Waals surface area contributed by atoms with Crippen LogP contribution < -0.4 is 4.74 Å². The van der Waals surface area contributed by atoms with Gasteiger partial charge in [-0.05, 0) is 30.9 Å². The van der Waals surface area contributed by atoms with Crippen molar-refractivity contribution in [1.82, 2.24) is 0 Å². The third-order valence-corrected chi connectivity index (χ3v) is 2.69. The fraction of sp³-hybridized carbons (Fsp3) is 0.400. The lowest BCUT2D eigenvalue weighted by molar-refractivity contribution is 0.413. The SMILES string of the molecule is COc1ccc(F)c(C2CC2)c1Cl. The van der Waals surface area contributed by atoms with Gasteiger partial charge in [-0.1, -0.05) is 11.6 Å². The van der Waals surface area contributed by atoms with Gasteiger partial charge in [0.1, 0.15) is 11.6 Å². The molecule has 0 N–H and O–H groups in total. The third kappa shape index (κ3) is 1.51. The zero-order valence-electron chi connectivity index (χ0n) is 7.31. The van der Waals surface area contributed by atoms with Crippen molar-refractivity contribution < 1.29 is 9.13 Å². The molecule has 13 heavy (non-hydrogen) atoms. The van der Waals surface area contributed by atoms with Gasteiger partial charge in [0.15, 0.2) is 0 Å². The van der Waals surface area contributed by atoms with Crippen LogP contribution in [-0.2, 0) is 0 Å². The zero-order valence-corrected chi connectivity index (χ0v) is 8.07. The molecule has 0 aliphatic heterocycles. The Balaban J connectivity index is 2.50. The van der Waals surface area contributed by atoms with Gasteiger partial charge >= 0.3 is 0 Å². The second kappa shape index (κ2) is 3.18. The number of ether oxygens (including phenoxy) is 1. The summed E-state index contributed by atoms with van der Waals surface area (Å²) in [5, 5.41) is 0.435. The molecule has 70 valence electrons. The van der Waals surface area contributed by atoms with Crippen molar-refractivity contribution in [2.75, 3.05) is 7.11 Å². The fourth-order valence-electron chi connectivity index (χ4n) is 1.45. The predicted octanol–water partition coefficient (Wildman–Crippen LogP) is 3.37. The zero-order chi connectivity index (χ0) is 9.42. The lowest BCUT2D eigenvalue weighted by Gasteiger charge is -2.08. The molecule has 1 aliphatic carbocycles. The van der Waals surface area contributed by atoms with Gasteiger partial charge in [-0.25, -0.2) is 4.39 Å². The standard InChI is InChI=1S/C10H10ClFO/c1-13-8-5-4-7(12)9(10(8)11)6-2-3-6/h4-6H,2-3H2,1H3. The van der Waals surface area contributed by atoms with Crippen LogP contribution in [-0.4, -0.2) is 7.11 Å². The molecule has 0 spiro atoms. The summed E-state index contributed by atoms with van der Waals surface area (Å²) < 4.78 is 18.3. The van der Waals surface area contributed by atoms with Crippen LogP contribution in [0, 0.1) is 5.82 Å². The molecule has 0 unspecified atom stereocenters. The molecule has 1 nitrogen and oxygen atoms in total. The Kier molecular flexibility index (Phi) is 2.16. The van der Waals surface area contributed by atoms with E-state index in [-0.39, 0.29) is 5.82 Å². The summed E-state index contributed by atoms with van der Waals surface area (Å²) in [4.78, 5) is 0. The van der Waals surface area contributed by atoms with E-state index in [0.29, 0.717) is 22.3 Å². The van der Waals surface area contributed by atoms with Crippen LogP contribution in [0.1, 0.15) is 24.3 Å². The first-order valence-electron chi connectivity index (χ1n) is 4.26. The average molecular weight is 201 g/mol. The highest BCUT2D eigenvalue weighted by Crippen LogP contribution is 2.46. The largest absolute Gasteiger partial charge is 0.495 e. The molecule has 0 heterocycles. The summed E-state index contributed by atoms with van der Waals surface area (Å²) in [5.74, 6) is 0.654. The van der Waals surface area contributed by atoms with Crippen molar-refractivity contribution >= 4 is 11.6 Å². The highest BCUT2D eigenvalue weighted by atomic mass is 35.5. The predicted molar refractivity (Wildman–Crippen MR) is 49.9 cm³/mol. The molecule has 0 aromatic heterocycles. The van der Waals surface area contributed by atoms with Gasteiger partial charge in [0, 0.05) is 5.56 Å². The number of hydrogen-bond donors (Lipinski definition) is 0. The van der Waals surface area contributed by atoms with Gasteiger partial charge < -0.3 is 4.74 Å². The summed E-state index contributed by atoms with van der Waals surface area (Å²) in [6.07, 6.45) is 2.06. The Hall–Kier alpha value is -0.760. The topological polar surface area (TPSA) is 9.23 Å². The quantitative estimate of drug-likeness (QED) is 0.711. The van der Waals surface area contributed by atoms with Crippen LogP contribution in [0.15, 0.2) is 12.1 Å². The van der Waals surface area contributed by atoms with Crippen molar-refractivity contribution in [3.05, 3.63) is 28.5 Å². The van der Waals surface area contributed by atoms with E-state index in [9.17, 15) is 4.39 Å². The molecule has 3 heteroatoms. The highest BCUT2D eigenvalue weighted by molar-refractivity contribution is 6.33. The van der Waals surface area contributed by atoms with Gasteiger partial charge in [0.2, 0.25) is 0 Å². The second-order valence-electron chi connectivity index (χ2n) is 3.25. The fourth-order valence-corrected chi connectivity index (χ4v) is 1.84. The number of benzene rings is 1. The Bertz CT molecular complexity index is 334. The van der Waals surface area contributed by atoms with Crippen LogP contribution in [0.4, 0.5) is 4.39 Å². The Morgan fingerprint density at radius 2 is 2.15 bits per heavy atom. The summed E-state index contributed by atoms with van der Waals surface area (Å²) in [6, 6.07) is 2.97. The highest BCUT2D eigenvalue weighted by Gasteiger charge is 2.30. The average Bonchev–Trinajstić information content (AvgIpc) is 2.89. The number of methoxy groups -OCH3 is 1. The first kappa shape index (κ1) is 8.82. The maximum Gasteiger partial charge on any atom is 0.137 e. The summed E-state index contributed by atoms with van der Waals surface area (Å²) in [6.45, 7) is 0. The van der Waals surface area contributed by atoms with E-state index in [1.54, 1.807) is 6.07 Å². The summed E-state index contributed by atoms with van der Waals surface area (Å²) in [7, 11) is 1.54. The molecule has 0 radical (unpaired) electrons. The summed E-state index contributed by atoms with van der Waals surface area (Å²) >= 11 is 5.98. The van der Waals surface area contributed by atoms with E-state index in [0.717, 1.165) is 12.8 Å². The minimum atomic E-state index is -0.215. The molecule has 0 bridgehead atoms. The molecule has 0 saturated heterocycles. The number of halogens is 2. The van der Waals surface area contributed by atoms with Gasteiger partial charge in [0.25, 0.3) is 0 Å². The Labute approximate surface area is 81.5 Å². The van der Waals surface area contributed by atoms with Crippen molar-refractivity contribution in [3.63, 3.8) is 0 Å². The van der Waals surface area contributed by atoms with Crippen LogP contribution >= 0.6 is 11.6 Å². The lowest BCUT2D eigenvalue weighted by Crippen LogP contribution is -1.92. The van der Waals surface area contributed by atoms with Crippen LogP contribution in [0.5, 0.6) is 5.75 Å². The van der Waals surface area contributed by atoms with Gasteiger partial charge in [0.05, 0.1) is 12.1 Å². The van der Waals surface area contributed by atoms with E-state index < -0.39 is 0 Å². The first-order chi connectivity index (χ1) is 6.24. The van der Waals surface area contributed by atoms with E-state index >= 15 is 0 Å². The maximum atomic E-state index is 13.3. The minimum absolute atomic E-state index is 0.215. The van der Waals surface area contributed by atoms with E-state index in [1.807, 2.05) is 0 Å². The molecule has 1 saturated carbocycles.